The zero-order valence-electron chi connectivity index (χ0n) is 11.0. The average Bonchev–Trinajstić information content (AvgIpc) is 2.86. The first-order chi connectivity index (χ1) is 9.61. The average molecular weight is 282 g/mol. The van der Waals surface area contributed by atoms with Crippen molar-refractivity contribution in [3.05, 3.63) is 41.7 Å². The fourth-order valence-electron chi connectivity index (χ4n) is 1.95. The van der Waals surface area contributed by atoms with Crippen LogP contribution in [0.4, 0.5) is 8.78 Å². The molecular weight excluding hydrogens is 266 g/mol. The van der Waals surface area contributed by atoms with Crippen LogP contribution in [0, 0.1) is 0 Å². The molecule has 0 amide bonds. The van der Waals surface area contributed by atoms with Crippen LogP contribution in [0.3, 0.4) is 0 Å². The van der Waals surface area contributed by atoms with Gasteiger partial charge in [0.15, 0.2) is 0 Å². The molecule has 0 bridgehead atoms. The highest BCUT2D eigenvalue weighted by Gasteiger charge is 2.16. The van der Waals surface area contributed by atoms with Crippen LogP contribution < -0.4 is 10.5 Å². The van der Waals surface area contributed by atoms with Crippen molar-refractivity contribution in [1.29, 1.82) is 0 Å². The number of aryl methyl sites for hydroxylation is 1. The predicted molar refractivity (Wildman–Crippen MR) is 69.4 cm³/mol. The van der Waals surface area contributed by atoms with E-state index < -0.39 is 12.7 Å². The molecule has 2 aromatic rings. The van der Waals surface area contributed by atoms with Crippen LogP contribution in [0.25, 0.3) is 0 Å². The van der Waals surface area contributed by atoms with Crippen LogP contribution >= 0.6 is 0 Å². The summed E-state index contributed by atoms with van der Waals surface area (Å²) in [5.74, 6) is 0.0856. The summed E-state index contributed by atoms with van der Waals surface area (Å²) < 4.78 is 30.5. The Hall–Kier alpha value is -2.02. The molecule has 0 fully saturated rings. The van der Waals surface area contributed by atoms with E-state index in [2.05, 4.69) is 15.0 Å². The van der Waals surface area contributed by atoms with Crippen molar-refractivity contribution >= 4 is 0 Å². The Kier molecular flexibility index (Phi) is 4.62. The number of rotatable bonds is 6. The molecular formula is C13H16F2N4O. The van der Waals surface area contributed by atoms with E-state index in [1.165, 1.54) is 12.1 Å². The first kappa shape index (κ1) is 14.4. The zero-order chi connectivity index (χ0) is 14.5. The molecule has 1 atom stereocenters. The van der Waals surface area contributed by atoms with E-state index in [4.69, 9.17) is 5.73 Å². The second kappa shape index (κ2) is 6.42. The van der Waals surface area contributed by atoms with Gasteiger partial charge in [-0.2, -0.15) is 8.78 Å². The van der Waals surface area contributed by atoms with Crippen LogP contribution in [-0.4, -0.2) is 21.6 Å². The molecule has 0 aliphatic heterocycles. The molecule has 7 heteroatoms. The Labute approximate surface area is 115 Å². The van der Waals surface area contributed by atoms with Crippen molar-refractivity contribution < 1.29 is 13.5 Å². The summed E-state index contributed by atoms with van der Waals surface area (Å²) in [7, 11) is 0. The molecule has 1 heterocycles. The molecule has 0 saturated heterocycles. The lowest BCUT2D eigenvalue weighted by molar-refractivity contribution is -0.0498. The van der Waals surface area contributed by atoms with Crippen molar-refractivity contribution in [2.45, 2.75) is 32.5 Å². The SMILES string of the molecule is CCCn1nncc1C(N)c1cccc(OC(F)F)c1. The smallest absolute Gasteiger partial charge is 0.387 e. The van der Waals surface area contributed by atoms with E-state index in [1.54, 1.807) is 23.0 Å². The molecule has 0 saturated carbocycles. The van der Waals surface area contributed by atoms with E-state index >= 15 is 0 Å². The lowest BCUT2D eigenvalue weighted by atomic mass is 10.0. The van der Waals surface area contributed by atoms with Crippen LogP contribution in [0.1, 0.15) is 30.6 Å². The molecule has 2 rings (SSSR count). The molecule has 1 aromatic carbocycles. The number of aromatic nitrogens is 3. The monoisotopic (exact) mass is 282 g/mol. The molecule has 1 unspecified atom stereocenters. The lowest BCUT2D eigenvalue weighted by Gasteiger charge is -2.14. The number of benzene rings is 1. The molecule has 5 nitrogen and oxygen atoms in total. The number of hydrogen-bond donors (Lipinski definition) is 1. The van der Waals surface area contributed by atoms with Gasteiger partial charge in [-0.05, 0) is 24.1 Å². The zero-order valence-corrected chi connectivity index (χ0v) is 11.0. The number of hydrogen-bond acceptors (Lipinski definition) is 4. The van der Waals surface area contributed by atoms with Gasteiger partial charge in [0.1, 0.15) is 5.75 Å². The molecule has 108 valence electrons. The summed E-state index contributed by atoms with van der Waals surface area (Å²) in [4.78, 5) is 0. The summed E-state index contributed by atoms with van der Waals surface area (Å²) >= 11 is 0. The number of nitrogens with two attached hydrogens (primary N) is 1. The van der Waals surface area contributed by atoms with Gasteiger partial charge in [0.25, 0.3) is 0 Å². The van der Waals surface area contributed by atoms with E-state index in [9.17, 15) is 8.78 Å². The largest absolute Gasteiger partial charge is 0.435 e. The van der Waals surface area contributed by atoms with Crippen molar-refractivity contribution in [2.75, 3.05) is 0 Å². The maximum absolute atomic E-state index is 12.2. The van der Waals surface area contributed by atoms with Crippen LogP contribution in [-0.2, 0) is 6.54 Å². The van der Waals surface area contributed by atoms with Gasteiger partial charge >= 0.3 is 6.61 Å². The van der Waals surface area contributed by atoms with E-state index in [1.807, 2.05) is 6.92 Å². The maximum atomic E-state index is 12.2. The second-order valence-corrected chi connectivity index (χ2v) is 4.31. The van der Waals surface area contributed by atoms with Crippen molar-refractivity contribution in [2.24, 2.45) is 5.73 Å². The van der Waals surface area contributed by atoms with E-state index in [-0.39, 0.29) is 5.75 Å². The van der Waals surface area contributed by atoms with E-state index in [0.717, 1.165) is 12.1 Å². The second-order valence-electron chi connectivity index (χ2n) is 4.31. The maximum Gasteiger partial charge on any atom is 0.387 e. The van der Waals surface area contributed by atoms with Crippen molar-refractivity contribution in [1.82, 2.24) is 15.0 Å². The number of nitrogens with zero attached hydrogens (tertiary/aromatic N) is 3. The molecule has 0 aliphatic rings. The third kappa shape index (κ3) is 3.30. The number of halogens is 2. The van der Waals surface area contributed by atoms with Gasteiger partial charge in [0.2, 0.25) is 0 Å². The third-order valence-electron chi connectivity index (χ3n) is 2.84. The summed E-state index contributed by atoms with van der Waals surface area (Å²) in [6.45, 7) is -0.126. The Bertz CT molecular complexity index is 559. The van der Waals surface area contributed by atoms with Gasteiger partial charge in [-0.25, -0.2) is 4.68 Å². The summed E-state index contributed by atoms with van der Waals surface area (Å²) in [6.07, 6.45) is 2.48. The van der Waals surface area contributed by atoms with Crippen LogP contribution in [0.5, 0.6) is 5.75 Å². The fraction of sp³-hybridized carbons (Fsp3) is 0.385. The predicted octanol–water partition coefficient (Wildman–Crippen LogP) is 2.34. The lowest BCUT2D eigenvalue weighted by Crippen LogP contribution is -2.17. The molecule has 0 aliphatic carbocycles. The summed E-state index contributed by atoms with van der Waals surface area (Å²) in [5.41, 5.74) is 7.55. The van der Waals surface area contributed by atoms with Gasteiger partial charge in [-0.3, -0.25) is 0 Å². The molecule has 0 radical (unpaired) electrons. The third-order valence-corrected chi connectivity index (χ3v) is 2.84. The molecule has 2 N–H and O–H groups in total. The number of ether oxygens (including phenoxy) is 1. The Balaban J connectivity index is 2.23. The molecule has 1 aromatic heterocycles. The van der Waals surface area contributed by atoms with Crippen LogP contribution in [0.15, 0.2) is 30.5 Å². The first-order valence-corrected chi connectivity index (χ1v) is 6.30. The Morgan fingerprint density at radius 1 is 1.40 bits per heavy atom. The quantitative estimate of drug-likeness (QED) is 0.883. The highest BCUT2D eigenvalue weighted by molar-refractivity contribution is 5.33. The Morgan fingerprint density at radius 3 is 2.90 bits per heavy atom. The molecule has 0 spiro atoms. The first-order valence-electron chi connectivity index (χ1n) is 6.30. The topological polar surface area (TPSA) is 66.0 Å². The Morgan fingerprint density at radius 2 is 2.20 bits per heavy atom. The van der Waals surface area contributed by atoms with Gasteiger partial charge < -0.3 is 10.5 Å². The van der Waals surface area contributed by atoms with Gasteiger partial charge in [0.05, 0.1) is 17.9 Å². The van der Waals surface area contributed by atoms with Gasteiger partial charge in [-0.15, -0.1) is 5.10 Å². The van der Waals surface area contributed by atoms with Crippen molar-refractivity contribution in [3.63, 3.8) is 0 Å². The van der Waals surface area contributed by atoms with Crippen molar-refractivity contribution in [3.8, 4) is 5.75 Å². The minimum Gasteiger partial charge on any atom is -0.435 e. The van der Waals surface area contributed by atoms with Gasteiger partial charge in [-0.1, -0.05) is 24.3 Å². The minimum absolute atomic E-state index is 0.0856. The minimum atomic E-state index is -2.85. The fourth-order valence-corrected chi connectivity index (χ4v) is 1.95. The number of alkyl halides is 2. The van der Waals surface area contributed by atoms with E-state index in [0.29, 0.717) is 12.1 Å². The van der Waals surface area contributed by atoms with Crippen LogP contribution in [0.2, 0.25) is 0 Å². The normalized spacial score (nSPS) is 12.7. The summed E-state index contributed by atoms with van der Waals surface area (Å²) in [5, 5.41) is 7.80. The van der Waals surface area contributed by atoms with Gasteiger partial charge in [0, 0.05) is 6.54 Å². The highest BCUT2D eigenvalue weighted by atomic mass is 19.3. The summed E-state index contributed by atoms with van der Waals surface area (Å²) in [6, 6.07) is 5.86. The standard InChI is InChI=1S/C13H16F2N4O/c1-2-6-19-11(8-17-18-19)12(16)9-4-3-5-10(7-9)20-13(14)15/h3-5,7-8,12-13H,2,6,16H2,1H3. The molecule has 20 heavy (non-hydrogen) atoms. The highest BCUT2D eigenvalue weighted by Crippen LogP contribution is 2.23.